The third kappa shape index (κ3) is 9.25. The van der Waals surface area contributed by atoms with Gasteiger partial charge in [0.25, 0.3) is 17.7 Å². The molecule has 240 valence electrons. The summed E-state index contributed by atoms with van der Waals surface area (Å²) in [6.45, 7) is 3.56. The number of amides is 3. The number of hydrazine groups is 1. The summed E-state index contributed by atoms with van der Waals surface area (Å²) < 4.78 is 10.4. The van der Waals surface area contributed by atoms with E-state index in [1.807, 2.05) is 5.43 Å². The molecule has 0 radical (unpaired) electrons. The van der Waals surface area contributed by atoms with Crippen LogP contribution in [0.15, 0.2) is 97.1 Å². The molecule has 0 aromatic heterocycles. The molecule has 0 unspecified atom stereocenters. The van der Waals surface area contributed by atoms with Gasteiger partial charge in [-0.25, -0.2) is 14.4 Å². The molecular weight excluding hydrogens is 630 g/mol. The van der Waals surface area contributed by atoms with E-state index in [1.54, 1.807) is 62.4 Å². The predicted octanol–water partition coefficient (Wildman–Crippen LogP) is 4.51. The smallest absolute Gasteiger partial charge is 0.349 e. The number of carbonyl (C=O) groups is 6. The van der Waals surface area contributed by atoms with E-state index in [0.717, 1.165) is 11.1 Å². The van der Waals surface area contributed by atoms with Crippen LogP contribution in [0.3, 0.4) is 0 Å². The van der Waals surface area contributed by atoms with Crippen LogP contribution in [-0.2, 0) is 19.1 Å². The predicted molar refractivity (Wildman–Crippen MR) is 170 cm³/mol. The van der Waals surface area contributed by atoms with Gasteiger partial charge in [-0.15, -0.1) is 0 Å². The fourth-order valence-corrected chi connectivity index (χ4v) is 4.14. The van der Waals surface area contributed by atoms with Gasteiger partial charge in [0.15, 0.2) is 0 Å². The number of anilines is 1. The van der Waals surface area contributed by atoms with Crippen molar-refractivity contribution in [3.63, 3.8) is 0 Å². The lowest BCUT2D eigenvalue weighted by Crippen LogP contribution is -2.54. The zero-order valence-electron chi connectivity index (χ0n) is 25.0. The highest BCUT2D eigenvalue weighted by Crippen LogP contribution is 2.16. The van der Waals surface area contributed by atoms with Crippen molar-refractivity contribution in [2.75, 3.05) is 5.32 Å². The van der Waals surface area contributed by atoms with Crippen molar-refractivity contribution in [3.8, 4) is 0 Å². The first kappa shape index (κ1) is 33.9. The molecule has 0 aliphatic rings. The quantitative estimate of drug-likeness (QED) is 0.141. The van der Waals surface area contributed by atoms with Gasteiger partial charge in [0.1, 0.15) is 0 Å². The minimum Gasteiger partial charge on any atom is -0.478 e. The first-order chi connectivity index (χ1) is 22.4. The largest absolute Gasteiger partial charge is 0.478 e. The van der Waals surface area contributed by atoms with Crippen LogP contribution >= 0.6 is 11.6 Å². The number of nitrogens with one attached hydrogen (secondary N) is 3. The van der Waals surface area contributed by atoms with Gasteiger partial charge in [-0.2, -0.15) is 0 Å². The zero-order chi connectivity index (χ0) is 34.1. The molecule has 0 saturated heterocycles. The number of benzene rings is 4. The van der Waals surface area contributed by atoms with E-state index in [1.165, 1.54) is 48.5 Å². The molecule has 2 atom stereocenters. The molecule has 0 aliphatic heterocycles. The van der Waals surface area contributed by atoms with Crippen LogP contribution in [0.2, 0.25) is 5.02 Å². The maximum absolute atomic E-state index is 13.2. The summed E-state index contributed by atoms with van der Waals surface area (Å²) >= 11 is 5.85. The third-order valence-corrected chi connectivity index (χ3v) is 6.88. The van der Waals surface area contributed by atoms with Crippen molar-refractivity contribution >= 4 is 52.9 Å². The van der Waals surface area contributed by atoms with E-state index < -0.39 is 47.8 Å². The van der Waals surface area contributed by atoms with Gasteiger partial charge in [0, 0.05) is 21.8 Å². The normalized spacial score (nSPS) is 11.7. The van der Waals surface area contributed by atoms with E-state index in [0.29, 0.717) is 16.3 Å². The summed E-state index contributed by atoms with van der Waals surface area (Å²) in [6, 6.07) is 23.9. The topological polar surface area (TPSA) is 177 Å². The minimum atomic E-state index is -2.29. The number of hydrogen-bond acceptors (Lipinski definition) is 8. The van der Waals surface area contributed by atoms with Gasteiger partial charge >= 0.3 is 17.9 Å². The Morgan fingerprint density at radius 2 is 1.00 bits per heavy atom. The number of aryl methyl sites for hydroxylation is 2. The molecule has 4 N–H and O–H groups in total. The Hall–Kier alpha value is -6.01. The Kier molecular flexibility index (Phi) is 11.0. The van der Waals surface area contributed by atoms with E-state index in [2.05, 4.69) is 10.7 Å². The van der Waals surface area contributed by atoms with Crippen molar-refractivity contribution in [3.05, 3.63) is 135 Å². The summed E-state index contributed by atoms with van der Waals surface area (Å²) in [5.74, 6) is -6.49. The molecule has 0 saturated carbocycles. The van der Waals surface area contributed by atoms with Crippen LogP contribution < -0.4 is 16.2 Å². The number of rotatable bonds is 10. The van der Waals surface area contributed by atoms with Crippen LogP contribution in [-0.4, -0.2) is 52.9 Å². The molecule has 0 fully saturated rings. The first-order valence-electron chi connectivity index (χ1n) is 14.0. The summed E-state index contributed by atoms with van der Waals surface area (Å²) in [6.07, 6.45) is -4.51. The van der Waals surface area contributed by atoms with Crippen molar-refractivity contribution in [2.24, 2.45) is 0 Å². The first-order valence-corrected chi connectivity index (χ1v) is 14.3. The Labute approximate surface area is 273 Å². The lowest BCUT2D eigenvalue weighted by molar-refractivity contribution is -0.159. The Balaban J connectivity index is 1.47. The van der Waals surface area contributed by atoms with Crippen LogP contribution in [0, 0.1) is 13.8 Å². The molecule has 4 aromatic carbocycles. The van der Waals surface area contributed by atoms with E-state index in [9.17, 15) is 33.9 Å². The van der Waals surface area contributed by atoms with Crippen molar-refractivity contribution in [1.82, 2.24) is 10.9 Å². The lowest BCUT2D eigenvalue weighted by atomic mass is 10.1. The highest BCUT2D eigenvalue weighted by Gasteiger charge is 2.41. The van der Waals surface area contributed by atoms with Gasteiger partial charge in [0.05, 0.1) is 11.1 Å². The van der Waals surface area contributed by atoms with Crippen LogP contribution in [0.25, 0.3) is 0 Å². The second kappa shape index (κ2) is 15.3. The number of carboxylic acids is 1. The van der Waals surface area contributed by atoms with E-state index in [4.69, 9.17) is 21.1 Å². The van der Waals surface area contributed by atoms with Crippen molar-refractivity contribution in [1.29, 1.82) is 0 Å². The summed E-state index contributed by atoms with van der Waals surface area (Å²) in [5, 5.41) is 13.1. The molecule has 0 heterocycles. The molecule has 0 bridgehead atoms. The maximum atomic E-state index is 13.2. The zero-order valence-corrected chi connectivity index (χ0v) is 25.7. The molecular formula is C34H28ClN3O9. The van der Waals surface area contributed by atoms with Gasteiger partial charge in [-0.05, 0) is 86.6 Å². The van der Waals surface area contributed by atoms with Gasteiger partial charge in [-0.3, -0.25) is 25.2 Å². The fraction of sp³-hybridized carbons (Fsp3) is 0.118. The molecule has 47 heavy (non-hydrogen) atoms. The Morgan fingerprint density at radius 3 is 1.49 bits per heavy atom. The number of hydrogen-bond donors (Lipinski definition) is 4. The monoisotopic (exact) mass is 657 g/mol. The molecule has 12 nitrogen and oxygen atoms in total. The Bertz CT molecular complexity index is 1790. The van der Waals surface area contributed by atoms with Gasteiger partial charge < -0.3 is 19.9 Å². The second-order valence-electron chi connectivity index (χ2n) is 10.2. The molecule has 0 spiro atoms. The maximum Gasteiger partial charge on any atom is 0.349 e. The van der Waals surface area contributed by atoms with Crippen LogP contribution in [0.1, 0.15) is 52.6 Å². The minimum absolute atomic E-state index is 0.00493. The molecule has 3 amide bonds. The number of halogens is 1. The molecule has 0 aliphatic carbocycles. The van der Waals surface area contributed by atoms with Gasteiger partial charge in [-0.1, -0.05) is 47.0 Å². The standard InChI is InChI=1S/C34H28ClN3O9/c1-19-3-7-23(8-4-19)33(44)46-27(28(32(42)43)47-34(45)24-9-5-20(2)6-10-24)31(41)38-37-30(40)22-13-17-26(18-14-22)36-29(39)21-11-15-25(35)16-12-21/h3-18,27-28H,1-2H3,(H,36,39)(H,37,40)(H,38,41)(H,42,43)/t27-,28+/m0/s1. The van der Waals surface area contributed by atoms with Gasteiger partial charge in [0.2, 0.25) is 12.2 Å². The summed E-state index contributed by atoms with van der Waals surface area (Å²) in [7, 11) is 0. The fourth-order valence-electron chi connectivity index (χ4n) is 4.01. The average Bonchev–Trinajstić information content (AvgIpc) is 3.06. The SMILES string of the molecule is Cc1ccc(C(=O)O[C@H](C(=O)NNC(=O)c2ccc(NC(=O)c3ccc(Cl)cc3)cc2)[C@@H](OC(=O)c2ccc(C)cc2)C(=O)O)cc1. The van der Waals surface area contributed by atoms with Crippen molar-refractivity contribution in [2.45, 2.75) is 26.1 Å². The molecule has 13 heteroatoms. The highest BCUT2D eigenvalue weighted by atomic mass is 35.5. The number of esters is 2. The van der Waals surface area contributed by atoms with Crippen molar-refractivity contribution < 1.29 is 43.3 Å². The van der Waals surface area contributed by atoms with E-state index in [-0.39, 0.29) is 16.7 Å². The highest BCUT2D eigenvalue weighted by molar-refractivity contribution is 6.30. The summed E-state index contributed by atoms with van der Waals surface area (Å²) in [4.78, 5) is 76.4. The number of carbonyl (C=O) groups excluding carboxylic acids is 5. The number of ether oxygens (including phenoxy) is 2. The molecule has 4 rings (SSSR count). The van der Waals surface area contributed by atoms with E-state index >= 15 is 0 Å². The Morgan fingerprint density at radius 1 is 0.574 bits per heavy atom. The van der Waals surface area contributed by atoms with Crippen LogP contribution in [0.4, 0.5) is 5.69 Å². The number of aliphatic carboxylic acids is 1. The van der Waals surface area contributed by atoms with Crippen LogP contribution in [0.5, 0.6) is 0 Å². The summed E-state index contributed by atoms with van der Waals surface area (Å²) in [5.41, 5.74) is 6.55. The molecule has 4 aromatic rings. The lowest BCUT2D eigenvalue weighted by Gasteiger charge is -2.23. The number of carboxylic acid groups (broad SMARTS) is 1. The second-order valence-corrected chi connectivity index (χ2v) is 10.6. The average molecular weight is 658 g/mol. The third-order valence-electron chi connectivity index (χ3n) is 6.63.